The number of unbranched alkanes of at least 4 members (excludes halogenated alkanes) is 2. The van der Waals surface area contributed by atoms with Gasteiger partial charge in [0.2, 0.25) is 0 Å². The van der Waals surface area contributed by atoms with Crippen LogP contribution in [0.1, 0.15) is 66.2 Å². The minimum absolute atomic E-state index is 0. The van der Waals surface area contributed by atoms with Crippen molar-refractivity contribution in [3.8, 4) is 0 Å². The molecule has 0 N–H and O–H groups in total. The smallest absolute Gasteiger partial charge is 0.668 e. The molecule has 0 radical (unpaired) electrons. The van der Waals surface area contributed by atoms with Gasteiger partial charge in [-0.2, -0.15) is 31.6 Å². The SMILES string of the molecule is CCCC[N-]CCCC.CCC[N-]CCC.C[N-]C.[Ti+4].c1ccc2[cH-]ccc2c1. The van der Waals surface area contributed by atoms with Gasteiger partial charge in [0.25, 0.3) is 0 Å². The number of rotatable bonds is 10. The van der Waals surface area contributed by atoms with Gasteiger partial charge in [0, 0.05) is 0 Å². The van der Waals surface area contributed by atoms with E-state index in [9.17, 15) is 0 Å². The summed E-state index contributed by atoms with van der Waals surface area (Å²) in [5.41, 5.74) is 0. The van der Waals surface area contributed by atoms with Crippen LogP contribution < -0.4 is 0 Å². The molecule has 2 rings (SSSR count). The Labute approximate surface area is 197 Å². The van der Waals surface area contributed by atoms with Crippen molar-refractivity contribution in [3.05, 3.63) is 58.4 Å². The molecule has 164 valence electrons. The molecule has 0 saturated heterocycles. The Balaban J connectivity index is -0.000000325. The van der Waals surface area contributed by atoms with Gasteiger partial charge in [-0.15, -0.1) is 55.8 Å². The fourth-order valence-corrected chi connectivity index (χ4v) is 2.15. The fraction of sp³-hybridized carbons (Fsp3) is 0.640. The average Bonchev–Trinajstić information content (AvgIpc) is 3.19. The van der Waals surface area contributed by atoms with E-state index in [-0.39, 0.29) is 21.7 Å². The normalized spacial score (nSPS) is 9.17. The van der Waals surface area contributed by atoms with Crippen LogP contribution >= 0.6 is 0 Å². The largest absolute Gasteiger partial charge is 4.00 e. The number of benzene rings is 1. The van der Waals surface area contributed by atoms with E-state index >= 15 is 0 Å². The minimum Gasteiger partial charge on any atom is -0.668 e. The van der Waals surface area contributed by atoms with E-state index < -0.39 is 0 Å². The van der Waals surface area contributed by atoms with Crippen LogP contribution in [-0.4, -0.2) is 40.3 Å². The maximum absolute atomic E-state index is 4.35. The van der Waals surface area contributed by atoms with Gasteiger partial charge in [-0.3, -0.25) is 0 Å². The molecule has 0 heterocycles. The third kappa shape index (κ3) is 25.4. The Kier molecular flexibility index (Phi) is 33.8. The molecule has 0 amide bonds. The van der Waals surface area contributed by atoms with Crippen LogP contribution in [0.2, 0.25) is 0 Å². The number of fused-ring (bicyclic) bond motifs is 1. The topological polar surface area (TPSA) is 42.3 Å². The molecule has 0 aromatic heterocycles. The summed E-state index contributed by atoms with van der Waals surface area (Å²) in [6.07, 6.45) is 7.47. The van der Waals surface area contributed by atoms with Gasteiger partial charge in [0.05, 0.1) is 0 Å². The Morgan fingerprint density at radius 3 is 1.62 bits per heavy atom. The minimum atomic E-state index is 0. The average molecular weight is 436 g/mol. The monoisotopic (exact) mass is 435 g/mol. The molecule has 0 saturated carbocycles. The van der Waals surface area contributed by atoms with E-state index in [1.54, 1.807) is 14.1 Å². The predicted octanol–water partition coefficient (Wildman–Crippen LogP) is 8.32. The summed E-state index contributed by atoms with van der Waals surface area (Å²) >= 11 is 0. The maximum atomic E-state index is 4.35. The number of nitrogens with zero attached hydrogens (tertiary/aromatic N) is 3. The van der Waals surface area contributed by atoms with Gasteiger partial charge in [-0.1, -0.05) is 72.3 Å². The van der Waals surface area contributed by atoms with Gasteiger partial charge >= 0.3 is 21.7 Å². The first-order valence-corrected chi connectivity index (χ1v) is 11.1. The molecule has 0 aliphatic carbocycles. The second kappa shape index (κ2) is 29.6. The van der Waals surface area contributed by atoms with Gasteiger partial charge in [-0.25, -0.2) is 0 Å². The van der Waals surface area contributed by atoms with E-state index in [1.165, 1.54) is 49.3 Å². The van der Waals surface area contributed by atoms with Gasteiger partial charge in [0.15, 0.2) is 0 Å². The number of hydrogen-bond acceptors (Lipinski definition) is 0. The first-order chi connectivity index (χ1) is 13.7. The van der Waals surface area contributed by atoms with Crippen LogP contribution in [0.5, 0.6) is 0 Å². The summed E-state index contributed by atoms with van der Waals surface area (Å²) in [7, 11) is 3.50. The van der Waals surface area contributed by atoms with Crippen LogP contribution in [0, 0.1) is 0 Å². The first-order valence-electron chi connectivity index (χ1n) is 11.1. The van der Waals surface area contributed by atoms with Crippen LogP contribution in [0.4, 0.5) is 0 Å². The first kappa shape index (κ1) is 33.1. The van der Waals surface area contributed by atoms with E-state index in [4.69, 9.17) is 0 Å². The molecule has 0 atom stereocenters. The van der Waals surface area contributed by atoms with Crippen molar-refractivity contribution in [2.45, 2.75) is 66.2 Å². The van der Waals surface area contributed by atoms with Crippen molar-refractivity contribution in [2.75, 3.05) is 40.3 Å². The molecular weight excluding hydrogens is 390 g/mol. The third-order valence-corrected chi connectivity index (χ3v) is 3.65. The molecule has 0 unspecified atom stereocenters. The van der Waals surface area contributed by atoms with Crippen LogP contribution in [0.25, 0.3) is 26.7 Å². The van der Waals surface area contributed by atoms with Crippen molar-refractivity contribution in [3.63, 3.8) is 0 Å². The molecule has 29 heavy (non-hydrogen) atoms. The van der Waals surface area contributed by atoms with Crippen molar-refractivity contribution >= 4 is 10.8 Å². The predicted molar refractivity (Wildman–Crippen MR) is 131 cm³/mol. The summed E-state index contributed by atoms with van der Waals surface area (Å²) in [4.78, 5) is 0. The van der Waals surface area contributed by atoms with Crippen molar-refractivity contribution in [1.29, 1.82) is 0 Å². The summed E-state index contributed by atoms with van der Waals surface area (Å²) in [6.45, 7) is 13.0. The van der Waals surface area contributed by atoms with E-state index in [0.717, 1.165) is 26.2 Å². The molecule has 0 bridgehead atoms. The van der Waals surface area contributed by atoms with E-state index in [2.05, 4.69) is 86.1 Å². The molecule has 0 fully saturated rings. The zero-order valence-electron chi connectivity index (χ0n) is 20.0. The van der Waals surface area contributed by atoms with Gasteiger partial charge < -0.3 is 16.0 Å². The molecule has 2 aromatic carbocycles. The number of hydrogen-bond donors (Lipinski definition) is 0. The molecule has 0 spiro atoms. The molecule has 4 heteroatoms. The second-order valence-electron chi connectivity index (χ2n) is 6.65. The van der Waals surface area contributed by atoms with E-state index in [0.29, 0.717) is 0 Å². The van der Waals surface area contributed by atoms with Gasteiger partial charge in [0.1, 0.15) is 0 Å². The van der Waals surface area contributed by atoms with Gasteiger partial charge in [-0.05, 0) is 0 Å². The summed E-state index contributed by atoms with van der Waals surface area (Å²) in [5.74, 6) is 0. The second-order valence-corrected chi connectivity index (χ2v) is 6.65. The van der Waals surface area contributed by atoms with Crippen molar-refractivity contribution in [1.82, 2.24) is 0 Å². The summed E-state index contributed by atoms with van der Waals surface area (Å²) in [6, 6.07) is 14.7. The molecule has 0 aliphatic heterocycles. The Morgan fingerprint density at radius 1 is 0.690 bits per heavy atom. The Morgan fingerprint density at radius 2 is 1.17 bits per heavy atom. The van der Waals surface area contributed by atoms with E-state index in [1.807, 2.05) is 0 Å². The molecule has 3 nitrogen and oxygen atoms in total. The summed E-state index contributed by atoms with van der Waals surface area (Å²) in [5, 5.41) is 14.7. The van der Waals surface area contributed by atoms with Crippen molar-refractivity contribution in [2.24, 2.45) is 0 Å². The standard InChI is InChI=1S/C9H7.C8H18N.C6H14N.C2H6N.Ti/c1-2-5-9-7-3-6-8(9)4-1;1-3-5-7-9-8-6-4-2;1-3-5-7-6-4-2;1-3-2;/h1-7H;3-8H2,1-2H3;3-6H2,1-2H3;1-2H3;/q4*-1;+4. The zero-order chi connectivity index (χ0) is 21.3. The van der Waals surface area contributed by atoms with Crippen LogP contribution in [0.15, 0.2) is 42.5 Å². The molecule has 2 aromatic rings. The quantitative estimate of drug-likeness (QED) is 0.205. The Hall–Kier alpha value is -0.576. The zero-order valence-corrected chi connectivity index (χ0v) is 21.5. The van der Waals surface area contributed by atoms with Crippen LogP contribution in [-0.2, 0) is 21.7 Å². The van der Waals surface area contributed by atoms with Crippen molar-refractivity contribution < 1.29 is 21.7 Å². The molecule has 0 aliphatic rings. The van der Waals surface area contributed by atoms with Crippen LogP contribution in [0.3, 0.4) is 0 Å². The molecular formula is C25H45N3Ti. The summed E-state index contributed by atoms with van der Waals surface area (Å²) < 4.78 is 0. The maximum Gasteiger partial charge on any atom is 4.00 e. The third-order valence-electron chi connectivity index (χ3n) is 3.65. The Bertz CT molecular complexity index is 459. The fourth-order valence-electron chi connectivity index (χ4n) is 2.15.